The zero-order valence-electron chi connectivity index (χ0n) is 14.6. The Kier molecular flexibility index (Phi) is 4.35. The highest BCUT2D eigenvalue weighted by Crippen LogP contribution is 2.34. The fourth-order valence-corrected chi connectivity index (χ4v) is 4.98. The van der Waals surface area contributed by atoms with Crippen molar-refractivity contribution in [2.24, 2.45) is 0 Å². The molecular weight excluding hydrogens is 302 g/mol. The first-order valence-corrected chi connectivity index (χ1v) is 9.43. The number of rotatable bonds is 3. The molecule has 0 radical (unpaired) electrons. The van der Waals surface area contributed by atoms with Gasteiger partial charge >= 0.3 is 0 Å². The van der Waals surface area contributed by atoms with Crippen LogP contribution in [0, 0.1) is 0 Å². The van der Waals surface area contributed by atoms with Gasteiger partial charge in [0.15, 0.2) is 0 Å². The fraction of sp³-hybridized carbons (Fsp3) is 0.778. The molecule has 0 aromatic carbocycles. The number of hydrogen-bond donors (Lipinski definition) is 2. The molecule has 4 heterocycles. The minimum atomic E-state index is -0.521. The van der Waals surface area contributed by atoms with Gasteiger partial charge in [0.1, 0.15) is 5.54 Å². The molecule has 3 fully saturated rings. The van der Waals surface area contributed by atoms with E-state index in [0.29, 0.717) is 18.1 Å². The molecule has 3 aliphatic heterocycles. The van der Waals surface area contributed by atoms with Crippen molar-refractivity contribution in [2.75, 3.05) is 20.1 Å². The molecule has 132 valence electrons. The number of aromatic nitrogens is 2. The van der Waals surface area contributed by atoms with Gasteiger partial charge in [0.05, 0.1) is 0 Å². The van der Waals surface area contributed by atoms with Gasteiger partial charge in [0.25, 0.3) is 0 Å². The Morgan fingerprint density at radius 3 is 2.58 bits per heavy atom. The summed E-state index contributed by atoms with van der Waals surface area (Å²) in [5.74, 6) is 0.167. The lowest BCUT2D eigenvalue weighted by molar-refractivity contribution is -0.133. The van der Waals surface area contributed by atoms with Crippen LogP contribution >= 0.6 is 0 Å². The highest BCUT2D eigenvalue weighted by atomic mass is 16.2. The van der Waals surface area contributed by atoms with Crippen LogP contribution in [-0.2, 0) is 10.3 Å². The van der Waals surface area contributed by atoms with E-state index in [1.54, 1.807) is 6.20 Å². The molecule has 0 saturated carbocycles. The average Bonchev–Trinajstić information content (AvgIpc) is 3.11. The molecule has 2 bridgehead atoms. The maximum absolute atomic E-state index is 13.3. The van der Waals surface area contributed by atoms with E-state index in [2.05, 4.69) is 27.7 Å². The molecule has 1 aromatic heterocycles. The van der Waals surface area contributed by atoms with Gasteiger partial charge in [0, 0.05) is 30.5 Å². The fourth-order valence-electron chi connectivity index (χ4n) is 4.98. The second kappa shape index (κ2) is 6.48. The second-order valence-corrected chi connectivity index (χ2v) is 7.78. The normalized spacial score (nSPS) is 33.1. The van der Waals surface area contributed by atoms with Gasteiger partial charge in [-0.3, -0.25) is 9.48 Å². The first-order valence-electron chi connectivity index (χ1n) is 9.43. The SMILES string of the molecule is CN1C2CCCC1CC(NC(=O)C1(n3cccn3)CCNCC1)C2. The van der Waals surface area contributed by atoms with Crippen LogP contribution in [0.5, 0.6) is 0 Å². The zero-order valence-corrected chi connectivity index (χ0v) is 14.6. The van der Waals surface area contributed by atoms with Crippen LogP contribution in [0.1, 0.15) is 44.9 Å². The Labute approximate surface area is 144 Å². The topological polar surface area (TPSA) is 62.2 Å². The summed E-state index contributed by atoms with van der Waals surface area (Å²) in [7, 11) is 2.25. The second-order valence-electron chi connectivity index (χ2n) is 7.78. The summed E-state index contributed by atoms with van der Waals surface area (Å²) in [5, 5.41) is 11.2. The van der Waals surface area contributed by atoms with Gasteiger partial charge in [-0.2, -0.15) is 5.10 Å². The van der Waals surface area contributed by atoms with Crippen LogP contribution in [0.3, 0.4) is 0 Å². The summed E-state index contributed by atoms with van der Waals surface area (Å²) < 4.78 is 1.89. The van der Waals surface area contributed by atoms with Crippen molar-refractivity contribution in [2.45, 2.75) is 68.6 Å². The van der Waals surface area contributed by atoms with E-state index in [4.69, 9.17) is 0 Å². The minimum Gasteiger partial charge on any atom is -0.351 e. The van der Waals surface area contributed by atoms with Gasteiger partial charge in [-0.15, -0.1) is 0 Å². The number of hydrogen-bond acceptors (Lipinski definition) is 4. The summed E-state index contributed by atoms with van der Waals surface area (Å²) in [6.45, 7) is 1.73. The summed E-state index contributed by atoms with van der Waals surface area (Å²) in [6, 6.07) is 3.50. The van der Waals surface area contributed by atoms with E-state index in [-0.39, 0.29) is 5.91 Å². The van der Waals surface area contributed by atoms with Gasteiger partial charge in [-0.1, -0.05) is 6.42 Å². The molecule has 0 spiro atoms. The Morgan fingerprint density at radius 2 is 1.96 bits per heavy atom. The van der Waals surface area contributed by atoms with Crippen molar-refractivity contribution < 1.29 is 4.79 Å². The minimum absolute atomic E-state index is 0.167. The Hall–Kier alpha value is -1.40. The van der Waals surface area contributed by atoms with E-state index in [0.717, 1.165) is 38.8 Å². The van der Waals surface area contributed by atoms with Gasteiger partial charge in [-0.05, 0) is 64.7 Å². The largest absolute Gasteiger partial charge is 0.351 e. The van der Waals surface area contributed by atoms with Gasteiger partial charge in [0.2, 0.25) is 5.91 Å². The number of nitrogens with zero attached hydrogens (tertiary/aromatic N) is 3. The number of nitrogens with one attached hydrogen (secondary N) is 2. The number of carbonyl (C=O) groups excluding carboxylic acids is 1. The molecule has 3 aliphatic rings. The Bertz CT molecular complexity index is 552. The first kappa shape index (κ1) is 16.1. The average molecular weight is 331 g/mol. The third-order valence-electron chi connectivity index (χ3n) is 6.47. The van der Waals surface area contributed by atoms with Crippen molar-refractivity contribution >= 4 is 5.91 Å². The molecule has 1 amide bonds. The summed E-state index contributed by atoms with van der Waals surface area (Å²) >= 11 is 0. The van der Waals surface area contributed by atoms with Crippen LogP contribution in [0.2, 0.25) is 0 Å². The Balaban J connectivity index is 1.50. The van der Waals surface area contributed by atoms with Crippen LogP contribution in [0.4, 0.5) is 0 Å². The number of piperidine rings is 3. The number of amides is 1. The lowest BCUT2D eigenvalue weighted by atomic mass is 9.81. The van der Waals surface area contributed by atoms with Crippen molar-refractivity contribution in [3.63, 3.8) is 0 Å². The number of fused-ring (bicyclic) bond motifs is 2. The molecular formula is C18H29N5O. The standard InChI is InChI=1S/C18H29N5O/c1-22-15-4-2-5-16(22)13-14(12-15)21-17(24)18(6-9-19-10-7-18)23-11-3-8-20-23/h3,8,11,14-16,19H,2,4-7,9-10,12-13H2,1H3,(H,21,24). The lowest BCUT2D eigenvalue weighted by Gasteiger charge is -2.48. The van der Waals surface area contributed by atoms with E-state index in [1.807, 2.05) is 16.9 Å². The highest BCUT2D eigenvalue weighted by Gasteiger charge is 2.44. The smallest absolute Gasteiger partial charge is 0.248 e. The monoisotopic (exact) mass is 331 g/mol. The summed E-state index contributed by atoms with van der Waals surface area (Å²) in [4.78, 5) is 15.8. The molecule has 6 nitrogen and oxygen atoms in total. The molecule has 4 rings (SSSR count). The molecule has 3 saturated heterocycles. The highest BCUT2D eigenvalue weighted by molar-refractivity contribution is 5.84. The maximum atomic E-state index is 13.3. The quantitative estimate of drug-likeness (QED) is 0.870. The molecule has 1 aromatic rings. The number of carbonyl (C=O) groups is 1. The molecule has 2 N–H and O–H groups in total. The lowest BCUT2D eigenvalue weighted by Crippen LogP contribution is -2.60. The summed E-state index contributed by atoms with van der Waals surface area (Å²) in [6.07, 6.45) is 11.4. The van der Waals surface area contributed by atoms with Crippen molar-refractivity contribution in [3.8, 4) is 0 Å². The van der Waals surface area contributed by atoms with Crippen LogP contribution in [-0.4, -0.2) is 58.9 Å². The Morgan fingerprint density at radius 1 is 1.25 bits per heavy atom. The van der Waals surface area contributed by atoms with E-state index >= 15 is 0 Å². The first-order chi connectivity index (χ1) is 11.7. The van der Waals surface area contributed by atoms with Gasteiger partial charge in [-0.25, -0.2) is 0 Å². The van der Waals surface area contributed by atoms with Crippen molar-refractivity contribution in [1.29, 1.82) is 0 Å². The molecule has 2 atom stereocenters. The third kappa shape index (κ3) is 2.75. The van der Waals surface area contributed by atoms with Crippen LogP contribution in [0.25, 0.3) is 0 Å². The van der Waals surface area contributed by atoms with E-state index < -0.39 is 5.54 Å². The molecule has 2 unspecified atom stereocenters. The predicted molar refractivity (Wildman–Crippen MR) is 92.7 cm³/mol. The zero-order chi connectivity index (χ0) is 16.6. The van der Waals surface area contributed by atoms with E-state index in [9.17, 15) is 4.79 Å². The molecule has 6 heteroatoms. The van der Waals surface area contributed by atoms with Crippen molar-refractivity contribution in [3.05, 3.63) is 18.5 Å². The van der Waals surface area contributed by atoms with E-state index in [1.165, 1.54) is 19.3 Å². The van der Waals surface area contributed by atoms with Crippen molar-refractivity contribution in [1.82, 2.24) is 25.3 Å². The molecule has 24 heavy (non-hydrogen) atoms. The third-order valence-corrected chi connectivity index (χ3v) is 6.47. The maximum Gasteiger partial charge on any atom is 0.248 e. The van der Waals surface area contributed by atoms with Crippen LogP contribution in [0.15, 0.2) is 18.5 Å². The van der Waals surface area contributed by atoms with Gasteiger partial charge < -0.3 is 15.5 Å². The summed E-state index contributed by atoms with van der Waals surface area (Å²) in [5.41, 5.74) is -0.521. The molecule has 0 aliphatic carbocycles. The van der Waals surface area contributed by atoms with Crippen LogP contribution < -0.4 is 10.6 Å². The predicted octanol–water partition coefficient (Wildman–Crippen LogP) is 1.09.